The summed E-state index contributed by atoms with van der Waals surface area (Å²) in [6.07, 6.45) is 4.23. The molecule has 0 aromatic heterocycles. The van der Waals surface area contributed by atoms with Gasteiger partial charge < -0.3 is 10.8 Å². The quantitative estimate of drug-likeness (QED) is 0.870. The maximum absolute atomic E-state index is 13.2. The molecule has 1 unspecified atom stereocenters. The number of hydrogen-bond donors (Lipinski definition) is 2. The van der Waals surface area contributed by atoms with Crippen molar-refractivity contribution in [2.45, 2.75) is 44.6 Å². The Morgan fingerprint density at radius 1 is 1.30 bits per heavy atom. The minimum absolute atomic E-state index is 0.0877. The fourth-order valence-electron chi connectivity index (χ4n) is 3.23. The number of rotatable bonds is 5. The second-order valence-corrected chi connectivity index (χ2v) is 5.76. The molecule has 2 rings (SSSR count). The van der Waals surface area contributed by atoms with Crippen molar-refractivity contribution in [2.24, 2.45) is 11.1 Å². The van der Waals surface area contributed by atoms with E-state index in [1.165, 1.54) is 6.07 Å². The topological polar surface area (TPSA) is 63.3 Å². The summed E-state index contributed by atoms with van der Waals surface area (Å²) in [6, 6.07) is 3.15. The van der Waals surface area contributed by atoms with Crippen LogP contribution in [0.4, 0.5) is 8.78 Å². The molecule has 1 aromatic rings. The summed E-state index contributed by atoms with van der Waals surface area (Å²) in [5.74, 6) is -2.65. The van der Waals surface area contributed by atoms with Crippen LogP contribution in [0.3, 0.4) is 0 Å². The van der Waals surface area contributed by atoms with Crippen molar-refractivity contribution in [3.05, 3.63) is 35.4 Å². The molecule has 0 amide bonds. The van der Waals surface area contributed by atoms with Crippen LogP contribution in [0.15, 0.2) is 18.2 Å². The van der Waals surface area contributed by atoms with E-state index < -0.39 is 23.6 Å². The van der Waals surface area contributed by atoms with E-state index in [1.807, 2.05) is 0 Å². The van der Waals surface area contributed by atoms with Gasteiger partial charge in [0, 0.05) is 6.04 Å². The van der Waals surface area contributed by atoms with Gasteiger partial charge in [0.15, 0.2) is 11.6 Å². The first-order chi connectivity index (χ1) is 9.42. The zero-order chi connectivity index (χ0) is 14.8. The molecular formula is C15H19F2NO2. The maximum atomic E-state index is 13.2. The monoisotopic (exact) mass is 283 g/mol. The van der Waals surface area contributed by atoms with E-state index >= 15 is 0 Å². The molecule has 3 N–H and O–H groups in total. The maximum Gasteiger partial charge on any atom is 0.303 e. The zero-order valence-electron chi connectivity index (χ0n) is 11.2. The smallest absolute Gasteiger partial charge is 0.303 e. The Morgan fingerprint density at radius 3 is 2.50 bits per heavy atom. The Morgan fingerprint density at radius 2 is 1.95 bits per heavy atom. The molecule has 0 spiro atoms. The van der Waals surface area contributed by atoms with Crippen molar-refractivity contribution in [2.75, 3.05) is 0 Å². The van der Waals surface area contributed by atoms with Crippen LogP contribution in [0, 0.1) is 17.0 Å². The van der Waals surface area contributed by atoms with Gasteiger partial charge in [0.05, 0.1) is 6.42 Å². The molecule has 0 saturated heterocycles. The highest BCUT2D eigenvalue weighted by atomic mass is 19.2. The van der Waals surface area contributed by atoms with E-state index in [-0.39, 0.29) is 11.8 Å². The van der Waals surface area contributed by atoms with Crippen LogP contribution in [0.2, 0.25) is 0 Å². The molecule has 20 heavy (non-hydrogen) atoms. The summed E-state index contributed by atoms with van der Waals surface area (Å²) in [5.41, 5.74) is 6.28. The van der Waals surface area contributed by atoms with Crippen LogP contribution in [-0.4, -0.2) is 11.1 Å². The molecule has 0 bridgehead atoms. The van der Waals surface area contributed by atoms with Gasteiger partial charge in [0.2, 0.25) is 0 Å². The molecule has 3 nitrogen and oxygen atoms in total. The Balaban J connectivity index is 2.13. The molecule has 5 heteroatoms. The van der Waals surface area contributed by atoms with Crippen LogP contribution in [0.1, 0.15) is 50.1 Å². The lowest BCUT2D eigenvalue weighted by molar-refractivity contribution is -0.139. The molecule has 1 atom stereocenters. The Bertz CT molecular complexity index is 499. The number of hydrogen-bond acceptors (Lipinski definition) is 2. The first-order valence-corrected chi connectivity index (χ1v) is 6.84. The van der Waals surface area contributed by atoms with Crippen LogP contribution >= 0.6 is 0 Å². The standard InChI is InChI=1S/C15H19F2NO2/c16-11-4-3-10(7-12(11)17)13(18)8-15(9-14(19)20)5-1-2-6-15/h3-4,7,13H,1-2,5-6,8-9,18H2,(H,19,20). The number of carboxylic acid groups (broad SMARTS) is 1. The number of carbonyl (C=O) groups is 1. The lowest BCUT2D eigenvalue weighted by Crippen LogP contribution is -2.27. The van der Waals surface area contributed by atoms with E-state index in [4.69, 9.17) is 10.8 Å². The number of nitrogens with two attached hydrogens (primary N) is 1. The Kier molecular flexibility index (Phi) is 4.38. The largest absolute Gasteiger partial charge is 0.481 e. The average molecular weight is 283 g/mol. The number of benzene rings is 1. The van der Waals surface area contributed by atoms with Crippen LogP contribution in [0.5, 0.6) is 0 Å². The van der Waals surface area contributed by atoms with E-state index in [2.05, 4.69) is 0 Å². The van der Waals surface area contributed by atoms with Crippen molar-refractivity contribution < 1.29 is 18.7 Å². The third-order valence-corrected chi connectivity index (χ3v) is 4.22. The van der Waals surface area contributed by atoms with Crippen LogP contribution < -0.4 is 5.73 Å². The SMILES string of the molecule is NC(CC1(CC(=O)O)CCCC1)c1ccc(F)c(F)c1. The van der Waals surface area contributed by atoms with Gasteiger partial charge in [-0.3, -0.25) is 4.79 Å². The van der Waals surface area contributed by atoms with Gasteiger partial charge in [-0.1, -0.05) is 18.9 Å². The van der Waals surface area contributed by atoms with Gasteiger partial charge in [-0.15, -0.1) is 0 Å². The first-order valence-electron chi connectivity index (χ1n) is 6.84. The molecule has 1 saturated carbocycles. The van der Waals surface area contributed by atoms with Crippen molar-refractivity contribution in [3.63, 3.8) is 0 Å². The lowest BCUT2D eigenvalue weighted by atomic mass is 9.76. The highest BCUT2D eigenvalue weighted by Gasteiger charge is 2.37. The van der Waals surface area contributed by atoms with E-state index in [9.17, 15) is 13.6 Å². The summed E-state index contributed by atoms with van der Waals surface area (Å²) in [6.45, 7) is 0. The average Bonchev–Trinajstić information content (AvgIpc) is 2.79. The molecule has 0 radical (unpaired) electrons. The number of carboxylic acids is 1. The zero-order valence-corrected chi connectivity index (χ0v) is 11.2. The normalized spacial score (nSPS) is 18.9. The fourth-order valence-corrected chi connectivity index (χ4v) is 3.23. The third kappa shape index (κ3) is 3.33. The Hall–Kier alpha value is -1.49. The minimum atomic E-state index is -0.920. The fraction of sp³-hybridized carbons (Fsp3) is 0.533. The lowest BCUT2D eigenvalue weighted by Gasteiger charge is -2.30. The molecule has 1 aromatic carbocycles. The molecule has 1 aliphatic rings. The van der Waals surface area contributed by atoms with Gasteiger partial charge in [-0.05, 0) is 42.4 Å². The summed E-state index contributed by atoms with van der Waals surface area (Å²) in [4.78, 5) is 11.0. The number of aliphatic carboxylic acids is 1. The van der Waals surface area contributed by atoms with Gasteiger partial charge in [-0.2, -0.15) is 0 Å². The van der Waals surface area contributed by atoms with Crippen molar-refractivity contribution in [3.8, 4) is 0 Å². The van der Waals surface area contributed by atoms with Gasteiger partial charge in [0.1, 0.15) is 0 Å². The van der Waals surface area contributed by atoms with E-state index in [0.29, 0.717) is 12.0 Å². The third-order valence-electron chi connectivity index (χ3n) is 4.22. The predicted octanol–water partition coefficient (Wildman–Crippen LogP) is 3.39. The van der Waals surface area contributed by atoms with E-state index in [1.54, 1.807) is 0 Å². The minimum Gasteiger partial charge on any atom is -0.481 e. The highest BCUT2D eigenvalue weighted by Crippen LogP contribution is 2.46. The van der Waals surface area contributed by atoms with Gasteiger partial charge in [0.25, 0.3) is 0 Å². The van der Waals surface area contributed by atoms with Crippen molar-refractivity contribution in [1.29, 1.82) is 0 Å². The molecule has 0 heterocycles. The summed E-state index contributed by atoms with van der Waals surface area (Å²) >= 11 is 0. The molecular weight excluding hydrogens is 264 g/mol. The van der Waals surface area contributed by atoms with Crippen LogP contribution in [-0.2, 0) is 4.79 Å². The van der Waals surface area contributed by atoms with Crippen LogP contribution in [0.25, 0.3) is 0 Å². The van der Waals surface area contributed by atoms with Gasteiger partial charge >= 0.3 is 5.97 Å². The predicted molar refractivity (Wildman–Crippen MR) is 71.1 cm³/mol. The molecule has 110 valence electrons. The summed E-state index contributed by atoms with van der Waals surface area (Å²) in [5, 5.41) is 9.05. The summed E-state index contributed by atoms with van der Waals surface area (Å²) < 4.78 is 26.2. The van der Waals surface area contributed by atoms with Gasteiger partial charge in [-0.25, -0.2) is 8.78 Å². The second kappa shape index (κ2) is 5.87. The second-order valence-electron chi connectivity index (χ2n) is 5.76. The highest BCUT2D eigenvalue weighted by molar-refractivity contribution is 5.67. The Labute approximate surface area is 116 Å². The van der Waals surface area contributed by atoms with Crippen molar-refractivity contribution in [1.82, 2.24) is 0 Å². The van der Waals surface area contributed by atoms with Crippen molar-refractivity contribution >= 4 is 5.97 Å². The summed E-state index contributed by atoms with van der Waals surface area (Å²) in [7, 11) is 0. The van der Waals surface area contributed by atoms with E-state index in [0.717, 1.165) is 37.8 Å². The molecule has 0 aliphatic heterocycles. The molecule has 1 aliphatic carbocycles. The number of halogens is 2. The first kappa shape index (κ1) is 14.9. The molecule has 1 fully saturated rings.